The molecule has 0 radical (unpaired) electrons. The first kappa shape index (κ1) is 14.7. The second kappa shape index (κ2) is 7.20. The molecule has 1 unspecified atom stereocenters. The van der Waals surface area contributed by atoms with Crippen molar-refractivity contribution >= 4 is 29.3 Å². The minimum absolute atomic E-state index is 0.0548. The van der Waals surface area contributed by atoms with Gasteiger partial charge in [-0.1, -0.05) is 6.92 Å². The van der Waals surface area contributed by atoms with Crippen LogP contribution in [0.2, 0.25) is 0 Å². The smallest absolute Gasteiger partial charge is 0.146 e. The van der Waals surface area contributed by atoms with Gasteiger partial charge in [-0.05, 0) is 49.4 Å². The van der Waals surface area contributed by atoms with Crippen LogP contribution in [0, 0.1) is 5.92 Å². The molecule has 0 aliphatic carbocycles. The number of thioether (sulfide) groups is 2. The van der Waals surface area contributed by atoms with Gasteiger partial charge in [0.1, 0.15) is 5.78 Å². The molecule has 2 aliphatic heterocycles. The maximum absolute atomic E-state index is 12.2. The largest absolute Gasteiger partial charge is 0.375 e. The average Bonchev–Trinajstić information content (AvgIpc) is 2.40. The lowest BCUT2D eigenvalue weighted by atomic mass is 9.80. The third kappa shape index (κ3) is 3.91. The van der Waals surface area contributed by atoms with Crippen molar-refractivity contribution in [2.24, 2.45) is 5.92 Å². The fourth-order valence-electron chi connectivity index (χ4n) is 2.83. The number of Topliss-reactive ketones (excluding diaryl/α,β-unsaturated/α-hetero) is 1. The van der Waals surface area contributed by atoms with E-state index in [1.807, 2.05) is 11.8 Å². The Hall–Kier alpha value is 0.330. The Labute approximate surface area is 119 Å². The number of ketones is 1. The van der Waals surface area contributed by atoms with Crippen LogP contribution >= 0.6 is 23.5 Å². The lowest BCUT2D eigenvalue weighted by molar-refractivity contribution is -0.136. The molecule has 0 aromatic rings. The predicted molar refractivity (Wildman–Crippen MR) is 80.6 cm³/mol. The molecule has 2 aliphatic rings. The van der Waals surface area contributed by atoms with Crippen molar-refractivity contribution in [1.29, 1.82) is 0 Å². The molecule has 1 atom stereocenters. The highest BCUT2D eigenvalue weighted by Crippen LogP contribution is 2.40. The Morgan fingerprint density at radius 3 is 2.94 bits per heavy atom. The molecule has 0 saturated carbocycles. The van der Waals surface area contributed by atoms with Crippen molar-refractivity contribution in [3.05, 3.63) is 0 Å². The first-order valence-electron chi connectivity index (χ1n) is 7.08. The molecule has 0 N–H and O–H groups in total. The van der Waals surface area contributed by atoms with Crippen LogP contribution in [0.3, 0.4) is 0 Å². The van der Waals surface area contributed by atoms with Gasteiger partial charge >= 0.3 is 0 Å². The van der Waals surface area contributed by atoms with Crippen LogP contribution < -0.4 is 0 Å². The predicted octanol–water partition coefficient (Wildman–Crippen LogP) is 3.39. The molecule has 2 rings (SSSR count). The topological polar surface area (TPSA) is 26.3 Å². The molecule has 4 heteroatoms. The van der Waals surface area contributed by atoms with Gasteiger partial charge in [0, 0.05) is 12.5 Å². The van der Waals surface area contributed by atoms with E-state index in [2.05, 4.69) is 6.92 Å². The van der Waals surface area contributed by atoms with Gasteiger partial charge in [-0.3, -0.25) is 4.79 Å². The van der Waals surface area contributed by atoms with Crippen LogP contribution in [0.5, 0.6) is 0 Å². The summed E-state index contributed by atoms with van der Waals surface area (Å²) < 4.78 is 6.04. The van der Waals surface area contributed by atoms with Crippen molar-refractivity contribution in [2.45, 2.75) is 44.6 Å². The van der Waals surface area contributed by atoms with Crippen molar-refractivity contribution in [2.75, 3.05) is 29.6 Å². The monoisotopic (exact) mass is 288 g/mol. The molecule has 18 heavy (non-hydrogen) atoms. The Morgan fingerprint density at radius 1 is 1.44 bits per heavy atom. The summed E-state index contributed by atoms with van der Waals surface area (Å²) in [6.45, 7) is 2.96. The number of rotatable bonds is 5. The molecule has 0 amide bonds. The van der Waals surface area contributed by atoms with E-state index in [9.17, 15) is 4.79 Å². The lowest BCUT2D eigenvalue weighted by Crippen LogP contribution is -2.44. The number of carbonyl (C=O) groups excluding carboxylic acids is 1. The van der Waals surface area contributed by atoms with E-state index in [0.717, 1.165) is 44.5 Å². The SMILES string of the molecule is CCCSCC(=O)C1CCOC2(CCSCC2)C1. The zero-order valence-corrected chi connectivity index (χ0v) is 12.9. The van der Waals surface area contributed by atoms with Gasteiger partial charge in [0.15, 0.2) is 0 Å². The van der Waals surface area contributed by atoms with Gasteiger partial charge in [-0.2, -0.15) is 23.5 Å². The van der Waals surface area contributed by atoms with Crippen LogP contribution in [0.4, 0.5) is 0 Å². The summed E-state index contributed by atoms with van der Waals surface area (Å²) in [6, 6.07) is 0. The Balaban J connectivity index is 1.83. The van der Waals surface area contributed by atoms with Gasteiger partial charge in [0.2, 0.25) is 0 Å². The standard InChI is InChI=1S/C14H24O2S2/c1-2-7-18-11-13(15)12-3-6-16-14(10-12)4-8-17-9-5-14/h12H,2-11H2,1H3. The van der Waals surface area contributed by atoms with E-state index < -0.39 is 0 Å². The highest BCUT2D eigenvalue weighted by atomic mass is 32.2. The highest BCUT2D eigenvalue weighted by molar-refractivity contribution is 8.00. The lowest BCUT2D eigenvalue weighted by Gasteiger charge is -2.42. The van der Waals surface area contributed by atoms with Crippen LogP contribution in [-0.2, 0) is 9.53 Å². The van der Waals surface area contributed by atoms with Crippen molar-refractivity contribution < 1.29 is 9.53 Å². The third-order valence-electron chi connectivity index (χ3n) is 3.95. The molecule has 0 aromatic heterocycles. The van der Waals surface area contributed by atoms with Crippen LogP contribution in [0.1, 0.15) is 39.0 Å². The second-order valence-electron chi connectivity index (χ2n) is 5.35. The summed E-state index contributed by atoms with van der Waals surface area (Å²) in [6.07, 6.45) is 5.37. The van der Waals surface area contributed by atoms with E-state index in [-0.39, 0.29) is 11.5 Å². The summed E-state index contributed by atoms with van der Waals surface area (Å²) >= 11 is 3.82. The van der Waals surface area contributed by atoms with E-state index >= 15 is 0 Å². The first-order chi connectivity index (χ1) is 8.76. The quantitative estimate of drug-likeness (QED) is 0.724. The summed E-state index contributed by atoms with van der Waals surface area (Å²) in [5.41, 5.74) is 0.0548. The minimum atomic E-state index is 0.0548. The minimum Gasteiger partial charge on any atom is -0.375 e. The van der Waals surface area contributed by atoms with Gasteiger partial charge in [-0.25, -0.2) is 0 Å². The van der Waals surface area contributed by atoms with Crippen LogP contribution in [0.15, 0.2) is 0 Å². The molecule has 2 fully saturated rings. The molecular weight excluding hydrogens is 264 g/mol. The number of ether oxygens (including phenoxy) is 1. The van der Waals surface area contributed by atoms with Gasteiger partial charge < -0.3 is 4.74 Å². The summed E-state index contributed by atoms with van der Waals surface area (Å²) in [5.74, 6) is 4.96. The fourth-order valence-corrected chi connectivity index (χ4v) is 4.94. The van der Waals surface area contributed by atoms with E-state index in [1.165, 1.54) is 11.5 Å². The Bertz CT molecular complexity index is 269. The molecule has 2 saturated heterocycles. The van der Waals surface area contributed by atoms with Crippen molar-refractivity contribution in [1.82, 2.24) is 0 Å². The molecule has 1 spiro atoms. The molecule has 0 bridgehead atoms. The first-order valence-corrected chi connectivity index (χ1v) is 9.39. The number of carbonyl (C=O) groups is 1. The van der Waals surface area contributed by atoms with E-state index in [4.69, 9.17) is 4.74 Å². The summed E-state index contributed by atoms with van der Waals surface area (Å²) in [7, 11) is 0. The zero-order chi connectivity index (χ0) is 12.8. The average molecular weight is 288 g/mol. The second-order valence-corrected chi connectivity index (χ2v) is 7.68. The maximum atomic E-state index is 12.2. The van der Waals surface area contributed by atoms with Gasteiger partial charge in [0.25, 0.3) is 0 Å². The normalized spacial score (nSPS) is 27.3. The molecular formula is C14H24O2S2. The van der Waals surface area contributed by atoms with E-state index in [0.29, 0.717) is 11.5 Å². The van der Waals surface area contributed by atoms with Crippen LogP contribution in [-0.4, -0.2) is 41.0 Å². The van der Waals surface area contributed by atoms with E-state index in [1.54, 1.807) is 11.8 Å². The number of hydrogen-bond donors (Lipinski definition) is 0. The van der Waals surface area contributed by atoms with Crippen molar-refractivity contribution in [3.63, 3.8) is 0 Å². The molecule has 0 aromatic carbocycles. The Kier molecular flexibility index (Phi) is 5.90. The maximum Gasteiger partial charge on any atom is 0.146 e. The van der Waals surface area contributed by atoms with Gasteiger partial charge in [0.05, 0.1) is 11.4 Å². The third-order valence-corrected chi connectivity index (χ3v) is 6.12. The van der Waals surface area contributed by atoms with Gasteiger partial charge in [-0.15, -0.1) is 0 Å². The summed E-state index contributed by atoms with van der Waals surface area (Å²) in [5, 5.41) is 0. The molecule has 104 valence electrons. The molecule has 2 heterocycles. The number of hydrogen-bond acceptors (Lipinski definition) is 4. The summed E-state index contributed by atoms with van der Waals surface area (Å²) in [4.78, 5) is 12.2. The zero-order valence-electron chi connectivity index (χ0n) is 11.3. The highest BCUT2D eigenvalue weighted by Gasteiger charge is 2.40. The van der Waals surface area contributed by atoms with Crippen molar-refractivity contribution in [3.8, 4) is 0 Å². The van der Waals surface area contributed by atoms with Crippen LogP contribution in [0.25, 0.3) is 0 Å². The fraction of sp³-hybridized carbons (Fsp3) is 0.929. The molecule has 2 nitrogen and oxygen atoms in total. The Morgan fingerprint density at radius 2 is 2.22 bits per heavy atom.